The minimum atomic E-state index is -0.427. The van der Waals surface area contributed by atoms with E-state index >= 15 is 0 Å². The van der Waals surface area contributed by atoms with Crippen molar-refractivity contribution >= 4 is 33.5 Å². The maximum Gasteiger partial charge on any atom is 0.304 e. The molecule has 1 rings (SSSR count). The van der Waals surface area contributed by atoms with Crippen molar-refractivity contribution in [2.75, 3.05) is 0 Å². The Balaban J connectivity index is 2.76. The minimum absolute atomic E-state index is 0.332. The molecule has 0 bridgehead atoms. The summed E-state index contributed by atoms with van der Waals surface area (Å²) >= 11 is 8.98. The predicted octanol–water partition coefficient (Wildman–Crippen LogP) is 3.30. The zero-order valence-corrected chi connectivity index (χ0v) is 9.30. The van der Waals surface area contributed by atoms with Crippen molar-refractivity contribution < 1.29 is 9.53 Å². The molecule has 0 aliphatic rings. The van der Waals surface area contributed by atoms with Crippen LogP contribution in [0.15, 0.2) is 24.3 Å². The second-order valence-corrected chi connectivity index (χ2v) is 3.75. The average molecular weight is 264 g/mol. The van der Waals surface area contributed by atoms with Gasteiger partial charge in [-0.15, -0.1) is 0 Å². The van der Waals surface area contributed by atoms with E-state index in [0.717, 1.165) is 5.56 Å². The van der Waals surface area contributed by atoms with Crippen LogP contribution in [0.4, 0.5) is 0 Å². The van der Waals surface area contributed by atoms with E-state index in [1.54, 1.807) is 18.2 Å². The normalized spacial score (nSPS) is 12.2. The van der Waals surface area contributed by atoms with Crippen molar-refractivity contribution in [1.82, 2.24) is 0 Å². The third-order valence-electron chi connectivity index (χ3n) is 1.38. The molecule has 4 heteroatoms. The third kappa shape index (κ3) is 3.36. The maximum absolute atomic E-state index is 10.6. The van der Waals surface area contributed by atoms with Crippen LogP contribution in [0.5, 0.6) is 0 Å². The van der Waals surface area contributed by atoms with Gasteiger partial charge in [-0.1, -0.05) is 23.7 Å². The van der Waals surface area contributed by atoms with E-state index < -0.39 is 5.01 Å². The number of benzene rings is 1. The largest absolute Gasteiger partial charge is 0.446 e. The molecule has 0 aliphatic heterocycles. The molecule has 0 fully saturated rings. The van der Waals surface area contributed by atoms with E-state index in [1.807, 2.05) is 6.07 Å². The third-order valence-corrected chi connectivity index (χ3v) is 2.33. The highest BCUT2D eigenvalue weighted by atomic mass is 79.9. The zero-order valence-electron chi connectivity index (χ0n) is 6.96. The fourth-order valence-electron chi connectivity index (χ4n) is 0.862. The van der Waals surface area contributed by atoms with Gasteiger partial charge in [0.1, 0.15) is 0 Å². The summed E-state index contributed by atoms with van der Waals surface area (Å²) < 4.78 is 4.91. The van der Waals surface area contributed by atoms with Gasteiger partial charge in [0.05, 0.1) is 0 Å². The Morgan fingerprint density at radius 3 is 2.85 bits per heavy atom. The number of carbonyl (C=O) groups is 1. The first-order valence-electron chi connectivity index (χ1n) is 3.66. The first-order chi connectivity index (χ1) is 6.09. The molecule has 1 aromatic rings. The van der Waals surface area contributed by atoms with Crippen LogP contribution >= 0.6 is 27.5 Å². The van der Waals surface area contributed by atoms with Crippen LogP contribution < -0.4 is 0 Å². The van der Waals surface area contributed by atoms with Crippen LogP contribution in [0.3, 0.4) is 0 Å². The van der Waals surface area contributed by atoms with Crippen molar-refractivity contribution in [2.24, 2.45) is 0 Å². The zero-order chi connectivity index (χ0) is 9.84. The van der Waals surface area contributed by atoms with Gasteiger partial charge in [-0.2, -0.15) is 0 Å². The van der Waals surface area contributed by atoms with Crippen molar-refractivity contribution in [2.45, 2.75) is 11.9 Å². The van der Waals surface area contributed by atoms with Crippen molar-refractivity contribution in [3.8, 4) is 0 Å². The van der Waals surface area contributed by atoms with Gasteiger partial charge < -0.3 is 4.74 Å². The molecule has 1 aromatic carbocycles. The summed E-state index contributed by atoms with van der Waals surface area (Å²) in [5.74, 6) is -0.332. The van der Waals surface area contributed by atoms with E-state index in [4.69, 9.17) is 16.3 Å². The van der Waals surface area contributed by atoms with Crippen molar-refractivity contribution in [3.63, 3.8) is 0 Å². The summed E-state index contributed by atoms with van der Waals surface area (Å²) in [6.45, 7) is 1.36. The number of ether oxygens (including phenoxy) is 1. The summed E-state index contributed by atoms with van der Waals surface area (Å²) in [6.07, 6.45) is 0. The lowest BCUT2D eigenvalue weighted by Gasteiger charge is -2.09. The van der Waals surface area contributed by atoms with E-state index in [2.05, 4.69) is 15.9 Å². The number of halogens is 2. The molecule has 0 N–H and O–H groups in total. The fourth-order valence-corrected chi connectivity index (χ4v) is 1.61. The summed E-state index contributed by atoms with van der Waals surface area (Å²) in [6, 6.07) is 7.13. The molecule has 1 unspecified atom stereocenters. The monoisotopic (exact) mass is 262 g/mol. The number of carbonyl (C=O) groups excluding carboxylic acids is 1. The number of rotatable bonds is 2. The molecule has 0 saturated carbocycles. The molecule has 2 nitrogen and oxygen atoms in total. The van der Waals surface area contributed by atoms with Crippen LogP contribution in [-0.2, 0) is 9.53 Å². The highest BCUT2D eigenvalue weighted by Crippen LogP contribution is 2.26. The number of alkyl halides is 1. The van der Waals surface area contributed by atoms with E-state index in [9.17, 15) is 4.79 Å². The highest BCUT2D eigenvalue weighted by Gasteiger charge is 2.09. The van der Waals surface area contributed by atoms with Gasteiger partial charge in [0, 0.05) is 17.5 Å². The first-order valence-corrected chi connectivity index (χ1v) is 4.95. The lowest BCUT2D eigenvalue weighted by atomic mass is 10.2. The van der Waals surface area contributed by atoms with Gasteiger partial charge in [0.25, 0.3) is 0 Å². The molecule has 0 aromatic heterocycles. The molecule has 0 heterocycles. The Kier molecular flexibility index (Phi) is 3.75. The Bertz CT molecular complexity index is 314. The molecule has 70 valence electrons. The highest BCUT2D eigenvalue weighted by molar-refractivity contribution is 9.09. The number of hydrogen-bond donors (Lipinski definition) is 0. The quantitative estimate of drug-likeness (QED) is 0.604. The van der Waals surface area contributed by atoms with Crippen LogP contribution in [0.25, 0.3) is 0 Å². The molecular weight excluding hydrogens is 255 g/mol. The molecule has 1 atom stereocenters. The van der Waals surface area contributed by atoms with Crippen LogP contribution in [0, 0.1) is 0 Å². The number of esters is 1. The standard InChI is InChI=1S/C9H8BrClO2/c1-6(12)13-9(10)7-3-2-4-8(11)5-7/h2-5,9H,1H3. The first kappa shape index (κ1) is 10.5. The average Bonchev–Trinajstić information content (AvgIpc) is 2.03. The predicted molar refractivity (Wildman–Crippen MR) is 54.9 cm³/mol. The Morgan fingerprint density at radius 2 is 2.31 bits per heavy atom. The molecule has 0 aliphatic carbocycles. The van der Waals surface area contributed by atoms with Gasteiger partial charge in [-0.05, 0) is 28.1 Å². The Morgan fingerprint density at radius 1 is 1.62 bits per heavy atom. The second kappa shape index (κ2) is 4.63. The second-order valence-electron chi connectivity index (χ2n) is 2.48. The summed E-state index contributed by atoms with van der Waals surface area (Å²) in [7, 11) is 0. The Hall–Kier alpha value is -0.540. The van der Waals surface area contributed by atoms with Gasteiger partial charge in [-0.3, -0.25) is 4.79 Å². The summed E-state index contributed by atoms with van der Waals surface area (Å²) in [5.41, 5.74) is 0.822. The molecule has 0 radical (unpaired) electrons. The van der Waals surface area contributed by atoms with Gasteiger partial charge in [0.2, 0.25) is 0 Å². The number of hydrogen-bond acceptors (Lipinski definition) is 2. The lowest BCUT2D eigenvalue weighted by molar-refractivity contribution is -0.142. The minimum Gasteiger partial charge on any atom is -0.446 e. The van der Waals surface area contributed by atoms with Crippen molar-refractivity contribution in [1.29, 1.82) is 0 Å². The topological polar surface area (TPSA) is 26.3 Å². The van der Waals surface area contributed by atoms with E-state index in [1.165, 1.54) is 6.92 Å². The van der Waals surface area contributed by atoms with Crippen molar-refractivity contribution in [3.05, 3.63) is 34.9 Å². The van der Waals surface area contributed by atoms with Crippen LogP contribution in [0.2, 0.25) is 5.02 Å². The summed E-state index contributed by atoms with van der Waals surface area (Å²) in [5, 5.41) is 0.192. The molecule has 0 amide bonds. The van der Waals surface area contributed by atoms with Gasteiger partial charge in [-0.25, -0.2) is 0 Å². The molecule has 0 spiro atoms. The molecule has 13 heavy (non-hydrogen) atoms. The fraction of sp³-hybridized carbons (Fsp3) is 0.222. The van der Waals surface area contributed by atoms with E-state index in [-0.39, 0.29) is 5.97 Å². The smallest absolute Gasteiger partial charge is 0.304 e. The van der Waals surface area contributed by atoms with Gasteiger partial charge >= 0.3 is 5.97 Å². The van der Waals surface area contributed by atoms with Gasteiger partial charge in [0.15, 0.2) is 5.01 Å². The Labute approximate surface area is 90.0 Å². The SMILES string of the molecule is CC(=O)OC(Br)c1cccc(Cl)c1. The summed E-state index contributed by atoms with van der Waals surface area (Å²) in [4.78, 5) is 10.6. The maximum atomic E-state index is 10.6. The molecular formula is C9H8BrClO2. The lowest BCUT2D eigenvalue weighted by Crippen LogP contribution is -2.01. The van der Waals surface area contributed by atoms with Crippen LogP contribution in [0.1, 0.15) is 17.5 Å². The molecule has 0 saturated heterocycles. The van der Waals surface area contributed by atoms with Crippen LogP contribution in [-0.4, -0.2) is 5.97 Å². The van der Waals surface area contributed by atoms with E-state index in [0.29, 0.717) is 5.02 Å².